The summed E-state index contributed by atoms with van der Waals surface area (Å²) in [5, 5.41) is 21.4. The lowest BCUT2D eigenvalue weighted by Gasteiger charge is -2.40. The van der Waals surface area contributed by atoms with Crippen LogP contribution < -0.4 is 5.73 Å². The second-order valence-electron chi connectivity index (χ2n) is 9.01. The summed E-state index contributed by atoms with van der Waals surface area (Å²) in [4.78, 5) is 0. The number of nitrogens with two attached hydrogens (primary N) is 1. The molecule has 0 radical (unpaired) electrons. The third-order valence-electron chi connectivity index (χ3n) is 6.52. The van der Waals surface area contributed by atoms with Crippen molar-refractivity contribution in [2.75, 3.05) is 19.7 Å². The Balaban J connectivity index is -0.00000392. The van der Waals surface area contributed by atoms with E-state index in [-0.39, 0.29) is 21.6 Å². The minimum absolute atomic E-state index is 0. The van der Waals surface area contributed by atoms with Crippen molar-refractivity contribution in [3.05, 3.63) is 0 Å². The number of hydrogen-bond donors (Lipinski definition) is 3. The Morgan fingerprint density at radius 2 is 1.00 bits per heavy atom. The first-order chi connectivity index (χ1) is 14.2. The van der Waals surface area contributed by atoms with Crippen LogP contribution in [0, 0.1) is 0 Å². The van der Waals surface area contributed by atoms with Crippen LogP contribution in [0.3, 0.4) is 0 Å². The minimum atomic E-state index is -0.292. The zero-order chi connectivity index (χ0) is 21.6. The lowest BCUT2D eigenvalue weighted by Crippen LogP contribution is -2.48. The molecule has 0 aliphatic heterocycles. The van der Waals surface area contributed by atoms with Crippen LogP contribution in [0.25, 0.3) is 0 Å². The number of unbranched alkanes of at least 4 members (excludes halogenated alkanes) is 14. The van der Waals surface area contributed by atoms with Gasteiger partial charge in [0.2, 0.25) is 0 Å². The second-order valence-corrected chi connectivity index (χ2v) is 9.01. The largest absolute Gasteiger partial charge is 0.396 e. The van der Waals surface area contributed by atoms with Crippen molar-refractivity contribution >= 4 is 0 Å². The topological polar surface area (TPSA) is 69.7 Å². The molecule has 1 atom stereocenters. The van der Waals surface area contributed by atoms with E-state index in [0.717, 1.165) is 25.7 Å². The van der Waals surface area contributed by atoms with E-state index in [1.165, 1.54) is 95.0 Å². The molecule has 6 heteroatoms. The molecule has 0 fully saturated rings. The minimum Gasteiger partial charge on any atom is -0.396 e. The van der Waals surface area contributed by atoms with Crippen LogP contribution in [-0.4, -0.2) is 40.6 Å². The number of nitrogens with zero attached hydrogens (tertiary/aromatic N) is 1. The SMILES string of the molecule is CCCCCCCCCCCCCCCCCC(CCO)(CCCN)N(O)CC.F.F. The molecule has 0 spiro atoms. The smallest absolute Gasteiger partial charge is 0.0482 e. The Morgan fingerprint density at radius 3 is 1.35 bits per heavy atom. The van der Waals surface area contributed by atoms with Crippen molar-refractivity contribution in [1.29, 1.82) is 0 Å². The molecule has 0 saturated heterocycles. The van der Waals surface area contributed by atoms with Gasteiger partial charge < -0.3 is 16.0 Å². The Kier molecular flexibility index (Phi) is 29.6. The molecule has 0 aromatic heterocycles. The van der Waals surface area contributed by atoms with E-state index in [2.05, 4.69) is 6.92 Å². The first kappa shape index (κ1) is 35.3. The van der Waals surface area contributed by atoms with E-state index < -0.39 is 0 Å². The van der Waals surface area contributed by atoms with Gasteiger partial charge in [-0.1, -0.05) is 110 Å². The van der Waals surface area contributed by atoms with Gasteiger partial charge in [0.25, 0.3) is 0 Å². The van der Waals surface area contributed by atoms with Crippen molar-refractivity contribution in [2.45, 2.75) is 141 Å². The van der Waals surface area contributed by atoms with Crippen molar-refractivity contribution in [1.82, 2.24) is 5.06 Å². The molecule has 0 amide bonds. The van der Waals surface area contributed by atoms with Gasteiger partial charge in [0.05, 0.1) is 0 Å². The van der Waals surface area contributed by atoms with Crippen molar-refractivity contribution in [3.8, 4) is 0 Å². The van der Waals surface area contributed by atoms with Crippen molar-refractivity contribution < 1.29 is 19.7 Å². The average molecular weight is 455 g/mol. The van der Waals surface area contributed by atoms with Gasteiger partial charge in [-0.2, -0.15) is 5.06 Å². The highest BCUT2D eigenvalue weighted by Gasteiger charge is 2.33. The maximum atomic E-state index is 10.4. The lowest BCUT2D eigenvalue weighted by molar-refractivity contribution is -0.183. The molecule has 0 saturated carbocycles. The first-order valence-corrected chi connectivity index (χ1v) is 12.9. The first-order valence-electron chi connectivity index (χ1n) is 12.9. The Morgan fingerprint density at radius 1 is 0.613 bits per heavy atom. The molecule has 1 unspecified atom stereocenters. The van der Waals surface area contributed by atoms with Gasteiger partial charge >= 0.3 is 0 Å². The van der Waals surface area contributed by atoms with Gasteiger partial charge in [0, 0.05) is 18.7 Å². The molecule has 0 rings (SSSR count). The molecule has 0 heterocycles. The van der Waals surface area contributed by atoms with Crippen LogP contribution in [0.5, 0.6) is 0 Å². The molecule has 192 valence electrons. The van der Waals surface area contributed by atoms with Gasteiger partial charge in [0.15, 0.2) is 0 Å². The zero-order valence-electron chi connectivity index (χ0n) is 20.8. The fraction of sp³-hybridized carbons (Fsp3) is 1.00. The van der Waals surface area contributed by atoms with Gasteiger partial charge in [-0.05, 0) is 32.2 Å². The van der Waals surface area contributed by atoms with E-state index >= 15 is 0 Å². The molecule has 4 N–H and O–H groups in total. The number of aliphatic hydroxyl groups excluding tert-OH is 1. The maximum absolute atomic E-state index is 10.4. The van der Waals surface area contributed by atoms with Crippen LogP contribution in [0.1, 0.15) is 136 Å². The quantitative estimate of drug-likeness (QED) is 0.113. The van der Waals surface area contributed by atoms with Crippen LogP contribution in [0.2, 0.25) is 0 Å². The summed E-state index contributed by atoms with van der Waals surface area (Å²) in [5.74, 6) is 0. The van der Waals surface area contributed by atoms with Crippen molar-refractivity contribution in [2.24, 2.45) is 5.73 Å². The van der Waals surface area contributed by atoms with Crippen LogP contribution in [-0.2, 0) is 0 Å². The highest BCUT2D eigenvalue weighted by atomic mass is 19.0. The molecule has 4 nitrogen and oxygen atoms in total. The van der Waals surface area contributed by atoms with Gasteiger partial charge in [-0.15, -0.1) is 0 Å². The van der Waals surface area contributed by atoms with E-state index in [4.69, 9.17) is 5.73 Å². The molecular formula is C25H56F2N2O2. The van der Waals surface area contributed by atoms with Crippen LogP contribution in [0.15, 0.2) is 0 Å². The Labute approximate surface area is 192 Å². The number of rotatable bonds is 23. The van der Waals surface area contributed by atoms with E-state index in [1.54, 1.807) is 0 Å². The number of hydroxylamine groups is 2. The molecule has 0 aliphatic carbocycles. The van der Waals surface area contributed by atoms with Gasteiger partial charge in [0.1, 0.15) is 0 Å². The van der Waals surface area contributed by atoms with E-state index in [0.29, 0.717) is 19.5 Å². The predicted molar refractivity (Wildman–Crippen MR) is 131 cm³/mol. The second kappa shape index (κ2) is 26.0. The Bertz CT molecular complexity index is 339. The van der Waals surface area contributed by atoms with Gasteiger partial charge in [-0.3, -0.25) is 9.41 Å². The molecule has 31 heavy (non-hydrogen) atoms. The normalized spacial score (nSPS) is 13.0. The summed E-state index contributed by atoms with van der Waals surface area (Å²) in [7, 11) is 0. The van der Waals surface area contributed by atoms with E-state index in [1.807, 2.05) is 6.92 Å². The molecule has 0 aromatic rings. The summed E-state index contributed by atoms with van der Waals surface area (Å²) in [6.45, 7) is 5.62. The van der Waals surface area contributed by atoms with Crippen LogP contribution in [0.4, 0.5) is 9.41 Å². The molecule has 0 bridgehead atoms. The third-order valence-corrected chi connectivity index (χ3v) is 6.52. The van der Waals surface area contributed by atoms with Gasteiger partial charge in [-0.25, -0.2) is 0 Å². The summed E-state index contributed by atoms with van der Waals surface area (Å²) in [6, 6.07) is 0. The number of halogens is 2. The summed E-state index contributed by atoms with van der Waals surface area (Å²) < 4.78 is 0. The Hall–Kier alpha value is -0.300. The fourth-order valence-electron chi connectivity index (χ4n) is 4.56. The lowest BCUT2D eigenvalue weighted by atomic mass is 9.83. The average Bonchev–Trinajstić information content (AvgIpc) is 2.74. The zero-order valence-corrected chi connectivity index (χ0v) is 20.8. The monoisotopic (exact) mass is 454 g/mol. The number of hydrogen-bond acceptors (Lipinski definition) is 4. The molecule has 0 aliphatic rings. The molecular weight excluding hydrogens is 398 g/mol. The standard InChI is InChI=1S/C25H54N2O2.2FH/c1-3-5-6-7-8-9-10-11-12-13-14-15-16-17-18-20-25(22-24-28,21-19-23-26)27(29)4-2;;/h28-29H,3-24,26H2,1-2H3;2*1H. The highest BCUT2D eigenvalue weighted by molar-refractivity contribution is 4.86. The van der Waals surface area contributed by atoms with Crippen molar-refractivity contribution in [3.63, 3.8) is 0 Å². The molecule has 0 aromatic carbocycles. The summed E-state index contributed by atoms with van der Waals surface area (Å²) in [6.07, 6.45) is 23.8. The predicted octanol–water partition coefficient (Wildman–Crippen LogP) is 7.12. The summed E-state index contributed by atoms with van der Waals surface area (Å²) >= 11 is 0. The fourth-order valence-corrected chi connectivity index (χ4v) is 4.56. The highest BCUT2D eigenvalue weighted by Crippen LogP contribution is 2.30. The van der Waals surface area contributed by atoms with E-state index in [9.17, 15) is 10.3 Å². The summed E-state index contributed by atoms with van der Waals surface area (Å²) in [5.41, 5.74) is 5.40. The number of aliphatic hydroxyl groups is 1. The van der Waals surface area contributed by atoms with Crippen LogP contribution >= 0.6 is 0 Å². The maximum Gasteiger partial charge on any atom is 0.0482 e. The third kappa shape index (κ3) is 18.9.